The molecule has 0 spiro atoms. The van der Waals surface area contributed by atoms with Gasteiger partial charge in [0.25, 0.3) is 5.91 Å². The third-order valence-corrected chi connectivity index (χ3v) is 2.22. The molecule has 0 radical (unpaired) electrons. The van der Waals surface area contributed by atoms with Crippen molar-refractivity contribution < 1.29 is 9.53 Å². The second kappa shape index (κ2) is 7.06. The highest BCUT2D eigenvalue weighted by Crippen LogP contribution is 2.19. The summed E-state index contributed by atoms with van der Waals surface area (Å²) in [5, 5.41) is 3.01. The Morgan fingerprint density at radius 3 is 3.12 bits per heavy atom. The standard InChI is InChI=1S/C11H15ClN2O2/c1-2-3-6-13-10(15)8-16-9-5-4-7-14-11(9)12/h4-5,7H,2-3,6,8H2,1H3,(H,13,15). The van der Waals surface area contributed by atoms with Crippen LogP contribution < -0.4 is 10.1 Å². The van der Waals surface area contributed by atoms with Crippen molar-refractivity contribution in [2.24, 2.45) is 0 Å². The molecule has 16 heavy (non-hydrogen) atoms. The van der Waals surface area contributed by atoms with Crippen LogP contribution in [0.5, 0.6) is 5.75 Å². The molecule has 88 valence electrons. The first-order valence-corrected chi connectivity index (χ1v) is 5.62. The van der Waals surface area contributed by atoms with Crippen LogP contribution in [0.15, 0.2) is 18.3 Å². The van der Waals surface area contributed by atoms with Crippen molar-refractivity contribution in [3.8, 4) is 5.75 Å². The molecule has 1 aromatic rings. The predicted octanol–water partition coefficient (Wildman–Crippen LogP) is 2.03. The number of aromatic nitrogens is 1. The van der Waals surface area contributed by atoms with Crippen molar-refractivity contribution in [2.45, 2.75) is 19.8 Å². The van der Waals surface area contributed by atoms with Gasteiger partial charge in [0.05, 0.1) is 0 Å². The normalized spacial score (nSPS) is 9.88. The van der Waals surface area contributed by atoms with Crippen LogP contribution in [-0.4, -0.2) is 24.0 Å². The largest absolute Gasteiger partial charge is 0.481 e. The number of rotatable bonds is 6. The fourth-order valence-electron chi connectivity index (χ4n) is 1.08. The number of nitrogens with zero attached hydrogens (tertiary/aromatic N) is 1. The quantitative estimate of drug-likeness (QED) is 0.614. The molecular formula is C11H15ClN2O2. The summed E-state index contributed by atoms with van der Waals surface area (Å²) in [4.78, 5) is 15.1. The zero-order valence-electron chi connectivity index (χ0n) is 9.20. The fraction of sp³-hybridized carbons (Fsp3) is 0.455. The zero-order chi connectivity index (χ0) is 11.8. The first kappa shape index (κ1) is 12.8. The van der Waals surface area contributed by atoms with Gasteiger partial charge >= 0.3 is 0 Å². The number of carbonyl (C=O) groups is 1. The van der Waals surface area contributed by atoms with Crippen LogP contribution in [0.1, 0.15) is 19.8 Å². The average molecular weight is 243 g/mol. The summed E-state index contributed by atoms with van der Waals surface area (Å²) in [5.74, 6) is 0.281. The van der Waals surface area contributed by atoms with Gasteiger partial charge in [-0.2, -0.15) is 0 Å². The molecule has 0 aliphatic rings. The average Bonchev–Trinajstić information content (AvgIpc) is 2.28. The Balaban J connectivity index is 2.29. The number of amides is 1. The number of ether oxygens (including phenoxy) is 1. The van der Waals surface area contributed by atoms with Gasteiger partial charge in [-0.25, -0.2) is 4.98 Å². The van der Waals surface area contributed by atoms with E-state index in [2.05, 4.69) is 17.2 Å². The molecule has 4 nitrogen and oxygen atoms in total. The smallest absolute Gasteiger partial charge is 0.257 e. The summed E-state index contributed by atoms with van der Waals surface area (Å²) in [5.41, 5.74) is 0. The molecule has 0 aliphatic carbocycles. The number of unbranched alkanes of at least 4 members (excludes halogenated alkanes) is 1. The number of pyridine rings is 1. The lowest BCUT2D eigenvalue weighted by atomic mass is 10.3. The van der Waals surface area contributed by atoms with E-state index in [1.54, 1.807) is 18.3 Å². The van der Waals surface area contributed by atoms with Gasteiger partial charge in [0.1, 0.15) is 0 Å². The summed E-state index contributed by atoms with van der Waals surface area (Å²) in [7, 11) is 0. The van der Waals surface area contributed by atoms with E-state index in [9.17, 15) is 4.79 Å². The molecule has 1 N–H and O–H groups in total. The SMILES string of the molecule is CCCCNC(=O)COc1cccnc1Cl. The van der Waals surface area contributed by atoms with E-state index in [1.807, 2.05) is 0 Å². The number of carbonyl (C=O) groups excluding carboxylic acids is 1. The third kappa shape index (κ3) is 4.49. The van der Waals surface area contributed by atoms with Crippen LogP contribution in [-0.2, 0) is 4.79 Å². The van der Waals surface area contributed by atoms with Gasteiger partial charge in [-0.3, -0.25) is 4.79 Å². The molecular weight excluding hydrogens is 228 g/mol. The molecule has 0 atom stereocenters. The molecule has 0 unspecified atom stereocenters. The Morgan fingerprint density at radius 2 is 2.44 bits per heavy atom. The number of halogens is 1. The Hall–Kier alpha value is -1.29. The summed E-state index contributed by atoms with van der Waals surface area (Å²) in [6.07, 6.45) is 3.59. The summed E-state index contributed by atoms with van der Waals surface area (Å²) in [6.45, 7) is 2.71. The summed E-state index contributed by atoms with van der Waals surface area (Å²) >= 11 is 5.77. The monoisotopic (exact) mass is 242 g/mol. The van der Waals surface area contributed by atoms with Crippen LogP contribution in [0, 0.1) is 0 Å². The first-order chi connectivity index (χ1) is 7.74. The van der Waals surface area contributed by atoms with Crippen molar-refractivity contribution in [2.75, 3.05) is 13.2 Å². The minimum atomic E-state index is -0.145. The Bertz CT molecular complexity index is 345. The Kier molecular flexibility index (Phi) is 5.64. The molecule has 0 fully saturated rings. The predicted molar refractivity (Wildman–Crippen MR) is 62.7 cm³/mol. The number of hydrogen-bond donors (Lipinski definition) is 1. The molecule has 1 amide bonds. The minimum Gasteiger partial charge on any atom is -0.481 e. The minimum absolute atomic E-state index is 0.0326. The van der Waals surface area contributed by atoms with Crippen molar-refractivity contribution >= 4 is 17.5 Å². The highest BCUT2D eigenvalue weighted by atomic mass is 35.5. The van der Waals surface area contributed by atoms with Crippen molar-refractivity contribution in [3.05, 3.63) is 23.5 Å². The lowest BCUT2D eigenvalue weighted by molar-refractivity contribution is -0.123. The van der Waals surface area contributed by atoms with Gasteiger partial charge in [0.2, 0.25) is 0 Å². The maximum atomic E-state index is 11.3. The van der Waals surface area contributed by atoms with E-state index in [0.717, 1.165) is 12.8 Å². The van der Waals surface area contributed by atoms with E-state index in [1.165, 1.54) is 0 Å². The fourth-order valence-corrected chi connectivity index (χ4v) is 1.25. The molecule has 1 heterocycles. The van der Waals surface area contributed by atoms with E-state index >= 15 is 0 Å². The summed E-state index contributed by atoms with van der Waals surface area (Å²) in [6, 6.07) is 3.38. The number of hydrogen-bond acceptors (Lipinski definition) is 3. The highest BCUT2D eigenvalue weighted by Gasteiger charge is 2.04. The second-order valence-electron chi connectivity index (χ2n) is 3.28. The van der Waals surface area contributed by atoms with Gasteiger partial charge in [-0.1, -0.05) is 24.9 Å². The van der Waals surface area contributed by atoms with Gasteiger partial charge in [-0.05, 0) is 18.6 Å². The molecule has 5 heteroatoms. The second-order valence-corrected chi connectivity index (χ2v) is 3.64. The van der Waals surface area contributed by atoms with E-state index in [4.69, 9.17) is 16.3 Å². The molecule has 0 aromatic carbocycles. The molecule has 0 aliphatic heterocycles. The lowest BCUT2D eigenvalue weighted by Gasteiger charge is -2.07. The summed E-state index contributed by atoms with van der Waals surface area (Å²) < 4.78 is 5.22. The van der Waals surface area contributed by atoms with Crippen LogP contribution in [0.4, 0.5) is 0 Å². The topological polar surface area (TPSA) is 51.2 Å². The van der Waals surface area contributed by atoms with Crippen LogP contribution in [0.3, 0.4) is 0 Å². The van der Waals surface area contributed by atoms with E-state index in [0.29, 0.717) is 12.3 Å². The van der Waals surface area contributed by atoms with Gasteiger partial charge in [0.15, 0.2) is 17.5 Å². The van der Waals surface area contributed by atoms with Crippen molar-refractivity contribution in [1.82, 2.24) is 10.3 Å². The van der Waals surface area contributed by atoms with Crippen LogP contribution >= 0.6 is 11.6 Å². The molecule has 1 rings (SSSR count). The first-order valence-electron chi connectivity index (χ1n) is 5.24. The van der Waals surface area contributed by atoms with Crippen molar-refractivity contribution in [1.29, 1.82) is 0 Å². The van der Waals surface area contributed by atoms with Gasteiger partial charge in [0, 0.05) is 12.7 Å². The maximum Gasteiger partial charge on any atom is 0.257 e. The third-order valence-electron chi connectivity index (χ3n) is 1.94. The van der Waals surface area contributed by atoms with Gasteiger partial charge < -0.3 is 10.1 Å². The van der Waals surface area contributed by atoms with Crippen LogP contribution in [0.2, 0.25) is 5.15 Å². The highest BCUT2D eigenvalue weighted by molar-refractivity contribution is 6.30. The molecule has 0 bridgehead atoms. The van der Waals surface area contributed by atoms with Gasteiger partial charge in [-0.15, -0.1) is 0 Å². The Morgan fingerprint density at radius 1 is 1.62 bits per heavy atom. The lowest BCUT2D eigenvalue weighted by Crippen LogP contribution is -2.29. The number of nitrogens with one attached hydrogen (secondary N) is 1. The van der Waals surface area contributed by atoms with Crippen molar-refractivity contribution in [3.63, 3.8) is 0 Å². The molecule has 0 saturated carbocycles. The van der Waals surface area contributed by atoms with Crippen LogP contribution in [0.25, 0.3) is 0 Å². The maximum absolute atomic E-state index is 11.3. The van der Waals surface area contributed by atoms with E-state index < -0.39 is 0 Å². The Labute approximate surface area is 100.0 Å². The zero-order valence-corrected chi connectivity index (χ0v) is 9.96. The molecule has 1 aromatic heterocycles. The van der Waals surface area contributed by atoms with E-state index in [-0.39, 0.29) is 17.7 Å². The molecule has 0 saturated heterocycles.